The van der Waals surface area contributed by atoms with E-state index in [-0.39, 0.29) is 11.6 Å². The Morgan fingerprint density at radius 2 is 1.36 bits per heavy atom. The molecule has 0 aliphatic carbocycles. The number of rotatable bonds is 1. The molecule has 0 bridgehead atoms. The Balaban J connectivity index is 0.000000226. The van der Waals surface area contributed by atoms with Gasteiger partial charge >= 0.3 is 50.2 Å². The minimum atomic E-state index is -4.88. The number of aryl methyl sites for hydroxylation is 1. The average molecular weight is 739 g/mol. The summed E-state index contributed by atoms with van der Waals surface area (Å²) < 4.78 is 80.0. The number of fused-ring (bicyclic) bond motifs is 4. The first kappa shape index (κ1) is 34.6. The molecule has 0 atom stereocenters. The first-order valence-corrected chi connectivity index (χ1v) is 20.7. The first-order chi connectivity index (χ1) is 20.5. The van der Waals surface area contributed by atoms with Crippen LogP contribution in [-0.4, -0.2) is 9.52 Å². The van der Waals surface area contributed by atoms with Crippen LogP contribution in [0.5, 0.6) is 0 Å². The maximum absolute atomic E-state index is 13.3. The fourth-order valence-corrected chi connectivity index (χ4v) is 6.50. The summed E-state index contributed by atoms with van der Waals surface area (Å²) in [6.45, 7) is 7.48. The van der Waals surface area contributed by atoms with Crippen molar-refractivity contribution in [2.45, 2.75) is 45.5 Å². The van der Waals surface area contributed by atoms with E-state index in [1.807, 2.05) is 45.9 Å². The molecule has 0 aromatic heterocycles. The van der Waals surface area contributed by atoms with Gasteiger partial charge in [0.15, 0.2) is 0 Å². The molecular weight excluding hydrogens is 713 g/mol. The Morgan fingerprint density at radius 3 is 1.95 bits per heavy atom. The van der Waals surface area contributed by atoms with E-state index in [0.29, 0.717) is 16.5 Å². The van der Waals surface area contributed by atoms with Gasteiger partial charge in [0.25, 0.3) is 0 Å². The molecule has 10 heteroatoms. The molecule has 5 aromatic carbocycles. The van der Waals surface area contributed by atoms with Crippen LogP contribution in [0, 0.1) is 13.0 Å². The van der Waals surface area contributed by atoms with E-state index >= 15 is 0 Å². The van der Waals surface area contributed by atoms with Gasteiger partial charge in [0.2, 0.25) is 0 Å². The maximum atomic E-state index is 13.3. The number of hydrogen-bond donors (Lipinski definition) is 0. The molecule has 6 rings (SSSR count). The summed E-state index contributed by atoms with van der Waals surface area (Å²) in [7, 11) is 10.7. The van der Waals surface area contributed by atoms with Crippen LogP contribution in [0.25, 0.3) is 33.0 Å². The summed E-state index contributed by atoms with van der Waals surface area (Å²) in [6.07, 6.45) is -9.76. The van der Waals surface area contributed by atoms with E-state index in [1.165, 1.54) is 21.5 Å². The molecule has 0 spiro atoms. The molecule has 1 aliphatic rings. The van der Waals surface area contributed by atoms with Gasteiger partial charge in [-0.1, -0.05) is 73.8 Å². The van der Waals surface area contributed by atoms with Crippen LogP contribution >= 0.6 is 17.0 Å². The van der Waals surface area contributed by atoms with Crippen LogP contribution in [0.3, 0.4) is 0 Å². The molecule has 1 aliphatic heterocycles. The van der Waals surface area contributed by atoms with Crippen molar-refractivity contribution in [2.24, 2.45) is 0 Å². The van der Waals surface area contributed by atoms with E-state index in [2.05, 4.69) is 42.5 Å². The number of hydrogen-bond acceptors (Lipinski definition) is 0. The van der Waals surface area contributed by atoms with Gasteiger partial charge in [-0.3, -0.25) is 0 Å². The first-order valence-electron chi connectivity index (χ1n) is 13.4. The molecule has 5 aromatic rings. The van der Waals surface area contributed by atoms with E-state index in [9.17, 15) is 26.3 Å². The molecule has 0 saturated carbocycles. The van der Waals surface area contributed by atoms with Crippen molar-refractivity contribution in [2.75, 3.05) is 0 Å². The second kappa shape index (κ2) is 13.6. The van der Waals surface area contributed by atoms with Crippen molar-refractivity contribution in [3.05, 3.63) is 113 Å². The summed E-state index contributed by atoms with van der Waals surface area (Å²) in [5.41, 5.74) is 1.60. The van der Waals surface area contributed by atoms with E-state index in [4.69, 9.17) is 17.0 Å². The number of benzene rings is 4. The van der Waals surface area contributed by atoms with Gasteiger partial charge in [0, 0.05) is 0 Å². The van der Waals surface area contributed by atoms with Gasteiger partial charge in [-0.15, -0.1) is 40.1 Å². The Morgan fingerprint density at radius 1 is 0.773 bits per heavy atom. The minimum absolute atomic E-state index is 0.0803. The van der Waals surface area contributed by atoms with Crippen LogP contribution in [0.1, 0.15) is 43.0 Å². The minimum Gasteiger partial charge on any atom is -0.184 e. The third-order valence-corrected chi connectivity index (χ3v) is 8.42. The fraction of sp³-hybridized carbons (Fsp3) is 0.206. The standard InChI is InChI=1S/C22H19F6.C12H7Si.2ClH.Zr/c1-12-7-13-5-6-18(20(2,3)4)19(17(13)8-12)14-9-15(21(23,24)25)11-16(10-14)22(26,27)28;1-3-7-11-9(5-1)10-6-2-4-8-12(10)13-11;;;/h5-11H,1-4H3;1-7H;2*1H;/q2*-1;;;+4/p-2. The fourth-order valence-electron chi connectivity index (χ4n) is 5.19. The predicted molar refractivity (Wildman–Crippen MR) is 166 cm³/mol. The molecular formula is C34H26Cl2F6SiZr. The monoisotopic (exact) mass is 736 g/mol. The zero-order chi connectivity index (χ0) is 32.4. The summed E-state index contributed by atoms with van der Waals surface area (Å²) in [6, 6.07) is 27.2. The van der Waals surface area contributed by atoms with Gasteiger partial charge in [0.1, 0.15) is 0 Å². The van der Waals surface area contributed by atoms with Crippen LogP contribution < -0.4 is 10.4 Å². The quantitative estimate of drug-likeness (QED) is 0.0895. The predicted octanol–water partition coefficient (Wildman–Crippen LogP) is 10.4. The average Bonchev–Trinajstić information content (AvgIpc) is 3.51. The Bertz CT molecular complexity index is 1690. The molecule has 0 saturated heterocycles. The molecule has 0 fully saturated rings. The number of halogens is 8. The second-order valence-electron chi connectivity index (χ2n) is 11.3. The molecule has 44 heavy (non-hydrogen) atoms. The largest absolute Gasteiger partial charge is 0.184 e. The Hall–Kier alpha value is -2.25. The van der Waals surface area contributed by atoms with Gasteiger partial charge in [-0.05, 0) is 29.2 Å². The summed E-state index contributed by atoms with van der Waals surface area (Å²) in [5.74, 6) is 0. The van der Waals surface area contributed by atoms with Crippen molar-refractivity contribution in [3.63, 3.8) is 0 Å². The smallest absolute Gasteiger partial charge is 0.0920 e. The van der Waals surface area contributed by atoms with Gasteiger partial charge in [-0.25, -0.2) is 0 Å². The van der Waals surface area contributed by atoms with Crippen LogP contribution in [0.15, 0.2) is 84.9 Å². The molecule has 0 amide bonds. The van der Waals surface area contributed by atoms with Gasteiger partial charge in [0.05, 0.1) is 20.6 Å². The molecule has 1 heterocycles. The van der Waals surface area contributed by atoms with E-state index in [1.54, 1.807) is 12.1 Å². The summed E-state index contributed by atoms with van der Waals surface area (Å²) in [4.78, 5) is 0. The molecule has 2 radical (unpaired) electrons. The Kier molecular flexibility index (Phi) is 10.7. The molecule has 0 N–H and O–H groups in total. The molecule has 0 nitrogen and oxygen atoms in total. The van der Waals surface area contributed by atoms with Crippen LogP contribution in [-0.2, 0) is 38.6 Å². The van der Waals surface area contributed by atoms with Gasteiger partial charge < -0.3 is 0 Å². The molecule has 226 valence electrons. The zero-order valence-electron chi connectivity index (χ0n) is 24.1. The maximum Gasteiger partial charge on any atom is 0.0920 e. The van der Waals surface area contributed by atoms with Crippen molar-refractivity contribution in [3.8, 4) is 22.3 Å². The summed E-state index contributed by atoms with van der Waals surface area (Å²) >= 11 is -0.826. The van der Waals surface area contributed by atoms with Crippen molar-refractivity contribution >= 4 is 47.7 Å². The molecule has 0 unspecified atom stereocenters. The van der Waals surface area contributed by atoms with E-state index < -0.39 is 49.7 Å². The normalized spacial score (nSPS) is 12.4. The third-order valence-electron chi connectivity index (χ3n) is 7.05. The van der Waals surface area contributed by atoms with Crippen LogP contribution in [0.4, 0.5) is 26.3 Å². The number of alkyl halides is 6. The van der Waals surface area contributed by atoms with Crippen molar-refractivity contribution in [1.82, 2.24) is 0 Å². The van der Waals surface area contributed by atoms with Crippen molar-refractivity contribution < 1.29 is 47.2 Å². The SMILES string of the molecule is Cc1cc2c(-c3cc(C(F)(F)F)cc(C(F)(F)F)c3)c(C(C)(C)C)ccc2[cH-]1.[Cl][Zr+2][Cl].[c-]1cccc2c1[Si]c1ccccc1-2. The Labute approximate surface area is 274 Å². The van der Waals surface area contributed by atoms with Crippen molar-refractivity contribution in [1.29, 1.82) is 0 Å². The topological polar surface area (TPSA) is 0 Å². The second-order valence-corrected chi connectivity index (χ2v) is 16.3. The zero-order valence-corrected chi connectivity index (χ0v) is 29.1. The van der Waals surface area contributed by atoms with E-state index in [0.717, 1.165) is 32.6 Å². The summed E-state index contributed by atoms with van der Waals surface area (Å²) in [5, 5.41) is 4.26. The van der Waals surface area contributed by atoms with Crippen LogP contribution in [0.2, 0.25) is 0 Å². The van der Waals surface area contributed by atoms with Gasteiger partial charge in [-0.2, -0.15) is 61.9 Å². The third kappa shape index (κ3) is 7.93.